The molecule has 1 N–H and O–H groups in total. The van der Waals surface area contributed by atoms with Gasteiger partial charge in [0.2, 0.25) is 0 Å². The summed E-state index contributed by atoms with van der Waals surface area (Å²) in [5, 5.41) is 3.87. The molecular weight excluding hydrogens is 261 g/mol. The second-order valence-electron chi connectivity index (χ2n) is 4.21. The Morgan fingerprint density at radius 2 is 2.29 bits per heavy atom. The SMILES string of the molecule is C[C@H]1CNCCN1C(=O)c1cc(Cl)cn1C.Cl. The number of hydrogen-bond acceptors (Lipinski definition) is 2. The number of rotatable bonds is 1. The van der Waals surface area contributed by atoms with Gasteiger partial charge in [-0.1, -0.05) is 11.6 Å². The van der Waals surface area contributed by atoms with E-state index in [1.165, 1.54) is 0 Å². The summed E-state index contributed by atoms with van der Waals surface area (Å²) in [5.74, 6) is 0.0587. The molecule has 4 nitrogen and oxygen atoms in total. The van der Waals surface area contributed by atoms with E-state index in [0.717, 1.165) is 19.6 Å². The molecule has 96 valence electrons. The first-order chi connectivity index (χ1) is 7.59. The third-order valence-corrected chi connectivity index (χ3v) is 3.16. The Morgan fingerprint density at radius 3 is 2.82 bits per heavy atom. The molecule has 2 rings (SSSR count). The van der Waals surface area contributed by atoms with Gasteiger partial charge >= 0.3 is 0 Å². The van der Waals surface area contributed by atoms with Crippen LogP contribution >= 0.6 is 24.0 Å². The largest absolute Gasteiger partial charge is 0.345 e. The molecule has 0 aliphatic carbocycles. The summed E-state index contributed by atoms with van der Waals surface area (Å²) in [6.07, 6.45) is 1.75. The van der Waals surface area contributed by atoms with Gasteiger partial charge in [-0.15, -0.1) is 12.4 Å². The van der Waals surface area contributed by atoms with E-state index in [2.05, 4.69) is 12.2 Å². The van der Waals surface area contributed by atoms with Gasteiger partial charge < -0.3 is 14.8 Å². The molecule has 0 aromatic carbocycles. The van der Waals surface area contributed by atoms with Crippen LogP contribution in [0, 0.1) is 0 Å². The fourth-order valence-electron chi connectivity index (χ4n) is 2.03. The van der Waals surface area contributed by atoms with Crippen molar-refractivity contribution in [2.24, 2.45) is 7.05 Å². The fourth-order valence-corrected chi connectivity index (χ4v) is 2.28. The van der Waals surface area contributed by atoms with Crippen molar-refractivity contribution in [1.29, 1.82) is 0 Å². The number of piperazine rings is 1. The van der Waals surface area contributed by atoms with Crippen LogP contribution in [-0.4, -0.2) is 41.1 Å². The van der Waals surface area contributed by atoms with Crippen molar-refractivity contribution in [3.8, 4) is 0 Å². The van der Waals surface area contributed by atoms with Crippen molar-refractivity contribution < 1.29 is 4.79 Å². The quantitative estimate of drug-likeness (QED) is 0.846. The summed E-state index contributed by atoms with van der Waals surface area (Å²) in [7, 11) is 1.84. The highest BCUT2D eigenvalue weighted by Gasteiger charge is 2.25. The highest BCUT2D eigenvalue weighted by Crippen LogP contribution is 2.16. The van der Waals surface area contributed by atoms with E-state index in [0.29, 0.717) is 10.7 Å². The molecule has 1 saturated heterocycles. The van der Waals surface area contributed by atoms with Crippen LogP contribution in [0.5, 0.6) is 0 Å². The minimum absolute atomic E-state index is 0. The molecular formula is C11H17Cl2N3O. The number of aryl methyl sites for hydroxylation is 1. The predicted octanol–water partition coefficient (Wildman–Crippen LogP) is 1.53. The molecule has 6 heteroatoms. The summed E-state index contributed by atoms with van der Waals surface area (Å²) in [4.78, 5) is 14.2. The van der Waals surface area contributed by atoms with Gasteiger partial charge in [0.05, 0.1) is 5.02 Å². The second kappa shape index (κ2) is 5.76. The maximum absolute atomic E-state index is 12.3. The van der Waals surface area contributed by atoms with Crippen LogP contribution in [0.4, 0.5) is 0 Å². The summed E-state index contributed by atoms with van der Waals surface area (Å²) in [6, 6.07) is 1.95. The molecule has 1 aliphatic rings. The van der Waals surface area contributed by atoms with E-state index in [1.807, 2.05) is 11.9 Å². The lowest BCUT2D eigenvalue weighted by atomic mass is 10.2. The van der Waals surface area contributed by atoms with Crippen molar-refractivity contribution in [2.75, 3.05) is 19.6 Å². The number of hydrogen-bond donors (Lipinski definition) is 1. The van der Waals surface area contributed by atoms with Crippen LogP contribution in [0.15, 0.2) is 12.3 Å². The van der Waals surface area contributed by atoms with Crippen molar-refractivity contribution >= 4 is 29.9 Å². The maximum atomic E-state index is 12.3. The van der Waals surface area contributed by atoms with E-state index in [1.54, 1.807) is 16.8 Å². The Morgan fingerprint density at radius 1 is 1.59 bits per heavy atom. The third-order valence-electron chi connectivity index (χ3n) is 2.95. The molecule has 0 radical (unpaired) electrons. The smallest absolute Gasteiger partial charge is 0.270 e. The van der Waals surface area contributed by atoms with E-state index >= 15 is 0 Å². The fraction of sp³-hybridized carbons (Fsp3) is 0.545. The molecule has 0 bridgehead atoms. The van der Waals surface area contributed by atoms with E-state index in [9.17, 15) is 4.79 Å². The van der Waals surface area contributed by atoms with Crippen molar-refractivity contribution in [3.63, 3.8) is 0 Å². The average molecular weight is 278 g/mol. The van der Waals surface area contributed by atoms with Crippen molar-refractivity contribution in [2.45, 2.75) is 13.0 Å². The molecule has 17 heavy (non-hydrogen) atoms. The zero-order valence-corrected chi connectivity index (χ0v) is 11.5. The molecule has 1 aliphatic heterocycles. The third kappa shape index (κ3) is 2.94. The Balaban J connectivity index is 0.00000144. The Kier molecular flexibility index (Phi) is 4.86. The lowest BCUT2D eigenvalue weighted by Gasteiger charge is -2.34. The summed E-state index contributed by atoms with van der Waals surface area (Å²) in [6.45, 7) is 4.51. The van der Waals surface area contributed by atoms with Gasteiger partial charge in [0.25, 0.3) is 5.91 Å². The van der Waals surface area contributed by atoms with E-state index in [-0.39, 0.29) is 24.4 Å². The van der Waals surface area contributed by atoms with Gasteiger partial charge in [0.1, 0.15) is 5.69 Å². The first-order valence-corrected chi connectivity index (χ1v) is 5.81. The zero-order chi connectivity index (χ0) is 11.7. The molecule has 1 aromatic rings. The predicted molar refractivity (Wildman–Crippen MR) is 71.0 cm³/mol. The number of halogens is 2. The van der Waals surface area contributed by atoms with Crippen LogP contribution in [0.3, 0.4) is 0 Å². The molecule has 1 aromatic heterocycles. The molecule has 0 unspecified atom stereocenters. The molecule has 0 saturated carbocycles. The number of carbonyl (C=O) groups is 1. The van der Waals surface area contributed by atoms with Crippen LogP contribution in [0.1, 0.15) is 17.4 Å². The maximum Gasteiger partial charge on any atom is 0.270 e. The highest BCUT2D eigenvalue weighted by atomic mass is 35.5. The molecule has 1 atom stereocenters. The lowest BCUT2D eigenvalue weighted by molar-refractivity contribution is 0.0646. The standard InChI is InChI=1S/C11H16ClN3O.ClH/c1-8-6-13-3-4-15(8)11(16)10-5-9(12)7-14(10)2;/h5,7-8,13H,3-4,6H2,1-2H3;1H/t8-;/m0./s1. The van der Waals surface area contributed by atoms with Gasteiger partial charge in [-0.3, -0.25) is 4.79 Å². The Labute approximate surface area is 112 Å². The van der Waals surface area contributed by atoms with Crippen molar-refractivity contribution in [3.05, 3.63) is 23.0 Å². The van der Waals surface area contributed by atoms with Crippen LogP contribution < -0.4 is 5.32 Å². The summed E-state index contributed by atoms with van der Waals surface area (Å²) in [5.41, 5.74) is 0.652. The Bertz CT molecular complexity index is 405. The van der Waals surface area contributed by atoms with Crippen LogP contribution in [0.2, 0.25) is 5.02 Å². The van der Waals surface area contributed by atoms with Gasteiger partial charge in [-0.25, -0.2) is 0 Å². The number of carbonyl (C=O) groups excluding carboxylic acids is 1. The van der Waals surface area contributed by atoms with Gasteiger partial charge in [-0.2, -0.15) is 0 Å². The van der Waals surface area contributed by atoms with E-state index < -0.39 is 0 Å². The number of aromatic nitrogens is 1. The first-order valence-electron chi connectivity index (χ1n) is 5.43. The van der Waals surface area contributed by atoms with Crippen LogP contribution in [0.25, 0.3) is 0 Å². The van der Waals surface area contributed by atoms with Crippen LogP contribution in [-0.2, 0) is 7.05 Å². The molecule has 1 amide bonds. The normalized spacial score (nSPS) is 19.9. The monoisotopic (exact) mass is 277 g/mol. The van der Waals surface area contributed by atoms with E-state index in [4.69, 9.17) is 11.6 Å². The lowest BCUT2D eigenvalue weighted by Crippen LogP contribution is -2.52. The number of nitrogens with one attached hydrogen (secondary N) is 1. The van der Waals surface area contributed by atoms with Gasteiger partial charge in [0.15, 0.2) is 0 Å². The average Bonchev–Trinajstić information content (AvgIpc) is 2.58. The topological polar surface area (TPSA) is 37.3 Å². The number of nitrogens with zero attached hydrogens (tertiary/aromatic N) is 2. The van der Waals surface area contributed by atoms with Crippen molar-refractivity contribution in [1.82, 2.24) is 14.8 Å². The van der Waals surface area contributed by atoms with Gasteiger partial charge in [-0.05, 0) is 13.0 Å². The zero-order valence-electron chi connectivity index (χ0n) is 9.94. The molecule has 1 fully saturated rings. The minimum atomic E-state index is 0. The number of amides is 1. The second-order valence-corrected chi connectivity index (χ2v) is 4.64. The minimum Gasteiger partial charge on any atom is -0.345 e. The first kappa shape index (κ1) is 14.4. The molecule has 2 heterocycles. The Hall–Kier alpha value is -0.710. The summed E-state index contributed by atoms with van der Waals surface area (Å²) < 4.78 is 1.78. The van der Waals surface area contributed by atoms with Gasteiger partial charge in [0, 0.05) is 38.9 Å². The highest BCUT2D eigenvalue weighted by molar-refractivity contribution is 6.31. The summed E-state index contributed by atoms with van der Waals surface area (Å²) >= 11 is 5.88. The molecule has 0 spiro atoms.